The minimum Gasteiger partial charge on any atom is -0.491 e. The molecule has 3 nitrogen and oxygen atoms in total. The summed E-state index contributed by atoms with van der Waals surface area (Å²) in [6.45, 7) is 1.23. The summed E-state index contributed by atoms with van der Waals surface area (Å²) < 4.78 is 18.8. The topological polar surface area (TPSA) is 48.1 Å². The number of rotatable bonds is 5. The van der Waals surface area contributed by atoms with E-state index in [1.54, 1.807) is 18.3 Å². The zero-order chi connectivity index (χ0) is 14.9. The summed E-state index contributed by atoms with van der Waals surface area (Å²) in [5, 5.41) is 0.369. The molecule has 0 saturated heterocycles. The van der Waals surface area contributed by atoms with Crippen LogP contribution in [0.15, 0.2) is 36.5 Å². The highest BCUT2D eigenvalue weighted by Crippen LogP contribution is 2.44. The molecule has 1 aromatic heterocycles. The van der Waals surface area contributed by atoms with Crippen molar-refractivity contribution < 1.29 is 9.13 Å². The Kier molecular flexibility index (Phi) is 3.83. The van der Waals surface area contributed by atoms with Crippen molar-refractivity contribution in [2.75, 3.05) is 13.2 Å². The number of hydrogen-bond donors (Lipinski definition) is 1. The molecule has 0 aliphatic heterocycles. The van der Waals surface area contributed by atoms with Crippen LogP contribution < -0.4 is 10.5 Å². The Morgan fingerprint density at radius 2 is 2.00 bits per heavy atom. The minimum atomic E-state index is -0.283. The van der Waals surface area contributed by atoms with E-state index < -0.39 is 0 Å². The predicted octanol–water partition coefficient (Wildman–Crippen LogP) is 3.66. The molecule has 0 atom stereocenters. The lowest BCUT2D eigenvalue weighted by Gasteiger charge is -2.14. The number of ether oxygens (including phenoxy) is 1. The van der Waals surface area contributed by atoms with Gasteiger partial charge in [0.15, 0.2) is 0 Å². The van der Waals surface area contributed by atoms with E-state index in [1.165, 1.54) is 12.1 Å². The standard InChI is InChI=1S/C16H16ClFN2O/c17-15-14(11-1-3-12(18)4-2-11)7-13(8-20-15)21-10-16(9-19)5-6-16/h1-4,7-8H,5-6,9-10,19H2. The summed E-state index contributed by atoms with van der Waals surface area (Å²) in [6, 6.07) is 7.96. The van der Waals surface area contributed by atoms with E-state index in [0.717, 1.165) is 24.0 Å². The number of hydrogen-bond acceptors (Lipinski definition) is 3. The average Bonchev–Trinajstić information content (AvgIpc) is 3.28. The van der Waals surface area contributed by atoms with E-state index in [0.29, 0.717) is 24.1 Å². The van der Waals surface area contributed by atoms with E-state index in [9.17, 15) is 4.39 Å². The van der Waals surface area contributed by atoms with Crippen molar-refractivity contribution in [3.8, 4) is 16.9 Å². The lowest BCUT2D eigenvalue weighted by molar-refractivity contribution is 0.238. The first-order chi connectivity index (χ1) is 10.1. The van der Waals surface area contributed by atoms with Crippen LogP contribution in [0, 0.1) is 11.2 Å². The minimum absolute atomic E-state index is 0.135. The molecule has 0 amide bonds. The molecule has 2 aromatic rings. The second-order valence-electron chi connectivity index (χ2n) is 5.51. The van der Waals surface area contributed by atoms with Gasteiger partial charge >= 0.3 is 0 Å². The van der Waals surface area contributed by atoms with Gasteiger partial charge in [0.25, 0.3) is 0 Å². The van der Waals surface area contributed by atoms with Crippen molar-refractivity contribution in [3.63, 3.8) is 0 Å². The average molecular weight is 307 g/mol. The quantitative estimate of drug-likeness (QED) is 0.858. The van der Waals surface area contributed by atoms with Crippen molar-refractivity contribution in [1.82, 2.24) is 4.98 Å². The monoisotopic (exact) mass is 306 g/mol. The third-order valence-corrected chi connectivity index (χ3v) is 4.21. The molecule has 0 spiro atoms. The molecule has 2 N–H and O–H groups in total. The summed E-state index contributed by atoms with van der Waals surface area (Å²) in [4.78, 5) is 4.14. The van der Waals surface area contributed by atoms with Crippen LogP contribution in [-0.2, 0) is 0 Å². The molecule has 3 rings (SSSR count). The largest absolute Gasteiger partial charge is 0.491 e. The van der Waals surface area contributed by atoms with Crippen LogP contribution in [-0.4, -0.2) is 18.1 Å². The Morgan fingerprint density at radius 3 is 2.62 bits per heavy atom. The summed E-state index contributed by atoms with van der Waals surface area (Å²) in [6.07, 6.45) is 3.81. The fourth-order valence-corrected chi connectivity index (χ4v) is 2.37. The van der Waals surface area contributed by atoms with E-state index in [2.05, 4.69) is 4.98 Å². The number of benzene rings is 1. The molecule has 1 aromatic carbocycles. The second-order valence-corrected chi connectivity index (χ2v) is 5.87. The SMILES string of the molecule is NCC1(COc2cnc(Cl)c(-c3ccc(F)cc3)c2)CC1. The molecule has 1 saturated carbocycles. The Balaban J connectivity index is 1.81. The molecule has 21 heavy (non-hydrogen) atoms. The Labute approximate surface area is 127 Å². The van der Waals surface area contributed by atoms with E-state index in [4.69, 9.17) is 22.1 Å². The van der Waals surface area contributed by atoms with Crippen molar-refractivity contribution in [2.45, 2.75) is 12.8 Å². The smallest absolute Gasteiger partial charge is 0.138 e. The van der Waals surface area contributed by atoms with Crippen LogP contribution in [0.4, 0.5) is 4.39 Å². The molecule has 0 radical (unpaired) electrons. The van der Waals surface area contributed by atoms with E-state index >= 15 is 0 Å². The van der Waals surface area contributed by atoms with Gasteiger partial charge in [-0.3, -0.25) is 0 Å². The number of aromatic nitrogens is 1. The van der Waals surface area contributed by atoms with Gasteiger partial charge in [-0.1, -0.05) is 23.7 Å². The van der Waals surface area contributed by atoms with Crippen molar-refractivity contribution in [1.29, 1.82) is 0 Å². The summed E-state index contributed by atoms with van der Waals surface area (Å²) in [5.41, 5.74) is 7.41. The molecule has 1 fully saturated rings. The van der Waals surface area contributed by atoms with Gasteiger partial charge in [0.1, 0.15) is 16.7 Å². The maximum absolute atomic E-state index is 13.0. The second kappa shape index (κ2) is 5.62. The van der Waals surface area contributed by atoms with Gasteiger partial charge in [0.05, 0.1) is 12.8 Å². The maximum atomic E-state index is 13.0. The van der Waals surface area contributed by atoms with Crippen LogP contribution in [0.2, 0.25) is 5.15 Å². The molecular weight excluding hydrogens is 291 g/mol. The Morgan fingerprint density at radius 1 is 1.29 bits per heavy atom. The first-order valence-corrected chi connectivity index (χ1v) is 7.24. The molecule has 1 aliphatic rings. The van der Waals surface area contributed by atoms with Gasteiger partial charge in [0, 0.05) is 17.5 Å². The van der Waals surface area contributed by atoms with Gasteiger partial charge in [0.2, 0.25) is 0 Å². The normalized spacial score (nSPS) is 15.8. The lowest BCUT2D eigenvalue weighted by Crippen LogP contribution is -2.22. The predicted molar refractivity (Wildman–Crippen MR) is 80.9 cm³/mol. The molecule has 1 aliphatic carbocycles. The van der Waals surface area contributed by atoms with Gasteiger partial charge in [-0.15, -0.1) is 0 Å². The molecule has 5 heteroatoms. The maximum Gasteiger partial charge on any atom is 0.138 e. The zero-order valence-electron chi connectivity index (χ0n) is 11.5. The highest BCUT2D eigenvalue weighted by atomic mass is 35.5. The molecule has 110 valence electrons. The van der Waals surface area contributed by atoms with Crippen molar-refractivity contribution >= 4 is 11.6 Å². The van der Waals surface area contributed by atoms with Crippen molar-refractivity contribution in [2.24, 2.45) is 11.1 Å². The van der Waals surface area contributed by atoms with Gasteiger partial charge in [-0.2, -0.15) is 0 Å². The van der Waals surface area contributed by atoms with Crippen LogP contribution in [0.1, 0.15) is 12.8 Å². The van der Waals surface area contributed by atoms with Crippen molar-refractivity contribution in [3.05, 3.63) is 47.5 Å². The van der Waals surface area contributed by atoms with E-state index in [1.807, 2.05) is 6.07 Å². The summed E-state index contributed by atoms with van der Waals surface area (Å²) >= 11 is 6.12. The van der Waals surface area contributed by atoms with Crippen LogP contribution in [0.3, 0.4) is 0 Å². The molecule has 1 heterocycles. The summed E-state index contributed by atoms with van der Waals surface area (Å²) in [7, 11) is 0. The number of halogens is 2. The van der Waals surface area contributed by atoms with Crippen LogP contribution in [0.5, 0.6) is 5.75 Å². The van der Waals surface area contributed by atoms with Crippen LogP contribution in [0.25, 0.3) is 11.1 Å². The Bertz CT molecular complexity index is 641. The zero-order valence-corrected chi connectivity index (χ0v) is 12.2. The fourth-order valence-electron chi connectivity index (χ4n) is 2.16. The number of pyridine rings is 1. The highest BCUT2D eigenvalue weighted by Gasteiger charge is 2.42. The van der Waals surface area contributed by atoms with Gasteiger partial charge in [-0.05, 0) is 36.6 Å². The highest BCUT2D eigenvalue weighted by molar-refractivity contribution is 6.32. The van der Waals surface area contributed by atoms with Gasteiger partial charge in [-0.25, -0.2) is 9.37 Å². The number of nitrogens with two attached hydrogens (primary N) is 1. The van der Waals surface area contributed by atoms with Gasteiger partial charge < -0.3 is 10.5 Å². The molecule has 0 bridgehead atoms. The third kappa shape index (κ3) is 3.17. The number of nitrogens with zero attached hydrogens (tertiary/aromatic N) is 1. The fraction of sp³-hybridized carbons (Fsp3) is 0.312. The van der Waals surface area contributed by atoms with Crippen LogP contribution >= 0.6 is 11.6 Å². The first kappa shape index (κ1) is 14.3. The third-order valence-electron chi connectivity index (χ3n) is 3.90. The lowest BCUT2D eigenvalue weighted by atomic mass is 10.1. The van der Waals surface area contributed by atoms with E-state index in [-0.39, 0.29) is 11.2 Å². The molecular formula is C16H16ClFN2O. The molecule has 0 unspecified atom stereocenters. The summed E-state index contributed by atoms with van der Waals surface area (Å²) in [5.74, 6) is 0.368. The first-order valence-electron chi connectivity index (χ1n) is 6.86. The Hall–Kier alpha value is -1.65.